The van der Waals surface area contributed by atoms with E-state index in [9.17, 15) is 26.3 Å². The van der Waals surface area contributed by atoms with Gasteiger partial charge in [0.1, 0.15) is 5.01 Å². The van der Waals surface area contributed by atoms with Crippen molar-refractivity contribution < 1.29 is 50.9 Å². The number of carboxylic acids is 2. The molecular weight excluding hydrogens is 534 g/mol. The second-order valence-corrected chi connectivity index (χ2v) is 9.55. The number of ether oxygens (including phenoxy) is 1. The zero-order chi connectivity index (χ0) is 27.9. The van der Waals surface area contributed by atoms with Gasteiger partial charge in [-0.25, -0.2) is 9.59 Å². The van der Waals surface area contributed by atoms with Gasteiger partial charge in [-0.15, -0.1) is 10.2 Å². The Balaban J connectivity index is 0.000000286. The van der Waals surface area contributed by atoms with E-state index in [1.807, 2.05) is 31.5 Å². The van der Waals surface area contributed by atoms with E-state index in [0.29, 0.717) is 12.0 Å². The van der Waals surface area contributed by atoms with E-state index in [1.54, 1.807) is 11.3 Å². The zero-order valence-corrected chi connectivity index (χ0v) is 20.2. The topological polar surface area (TPSA) is 126 Å². The van der Waals surface area contributed by atoms with Gasteiger partial charge in [0.25, 0.3) is 0 Å². The number of pyridine rings is 1. The van der Waals surface area contributed by atoms with Crippen molar-refractivity contribution >= 4 is 28.4 Å². The molecule has 1 saturated heterocycles. The van der Waals surface area contributed by atoms with Crippen LogP contribution in [-0.4, -0.2) is 69.4 Å². The number of rotatable bonds is 5. The Labute approximate surface area is 211 Å². The van der Waals surface area contributed by atoms with Crippen LogP contribution in [0, 0.1) is 18.3 Å². The Morgan fingerprint density at radius 1 is 1.11 bits per heavy atom. The van der Waals surface area contributed by atoms with Crippen LogP contribution in [0.25, 0.3) is 0 Å². The summed E-state index contributed by atoms with van der Waals surface area (Å²) in [5.41, 5.74) is 1.49. The van der Waals surface area contributed by atoms with Crippen LogP contribution in [0.2, 0.25) is 0 Å². The molecule has 206 valence electrons. The molecule has 1 saturated carbocycles. The van der Waals surface area contributed by atoms with Crippen LogP contribution >= 0.6 is 11.3 Å². The summed E-state index contributed by atoms with van der Waals surface area (Å²) in [6.45, 7) is 5.70. The van der Waals surface area contributed by atoms with E-state index < -0.39 is 24.3 Å². The van der Waals surface area contributed by atoms with E-state index in [0.717, 1.165) is 35.8 Å². The van der Waals surface area contributed by atoms with Gasteiger partial charge < -0.3 is 19.8 Å². The lowest BCUT2D eigenvalue weighted by Crippen LogP contribution is -2.32. The van der Waals surface area contributed by atoms with Gasteiger partial charge in [-0.3, -0.25) is 4.98 Å². The number of anilines is 1. The maximum Gasteiger partial charge on any atom is 0.490 e. The quantitative estimate of drug-likeness (QED) is 0.516. The maximum absolute atomic E-state index is 10.6. The Hall–Kier alpha value is -3.01. The molecule has 9 nitrogen and oxygen atoms in total. The highest BCUT2D eigenvalue weighted by atomic mass is 32.1. The number of carbonyl (C=O) groups is 2. The second kappa shape index (κ2) is 12.5. The fraction of sp³-hybridized carbons (Fsp3) is 0.571. The molecule has 2 aromatic rings. The Morgan fingerprint density at radius 2 is 1.68 bits per heavy atom. The lowest BCUT2D eigenvalue weighted by Gasteiger charge is -2.28. The Morgan fingerprint density at radius 3 is 2.16 bits per heavy atom. The molecule has 2 aromatic heterocycles. The van der Waals surface area contributed by atoms with Crippen molar-refractivity contribution in [3.8, 4) is 0 Å². The molecule has 1 aliphatic carbocycles. The number of hydrogen-bond donors (Lipinski definition) is 2. The van der Waals surface area contributed by atoms with E-state index >= 15 is 0 Å². The average molecular weight is 559 g/mol. The first-order chi connectivity index (χ1) is 17.1. The van der Waals surface area contributed by atoms with Crippen molar-refractivity contribution in [2.45, 2.75) is 45.1 Å². The van der Waals surface area contributed by atoms with Crippen molar-refractivity contribution in [2.24, 2.45) is 11.3 Å². The molecule has 0 unspecified atom stereocenters. The molecular formula is C21H24F6N4O5S. The molecule has 4 rings (SSSR count). The van der Waals surface area contributed by atoms with E-state index in [-0.39, 0.29) is 0 Å². The molecule has 0 aromatic carbocycles. The SMILES string of the molecule is Cc1nnc(N2C[C@H]3CCC[C@@]3(COCc3ccncc3)C2)s1.O=C(O)C(F)(F)F.O=C(O)C(F)(F)F. The lowest BCUT2D eigenvalue weighted by atomic mass is 9.81. The van der Waals surface area contributed by atoms with E-state index in [2.05, 4.69) is 20.1 Å². The third-order valence-electron chi connectivity index (χ3n) is 5.72. The van der Waals surface area contributed by atoms with Gasteiger partial charge >= 0.3 is 24.3 Å². The third-order valence-corrected chi connectivity index (χ3v) is 6.62. The number of aliphatic carboxylic acids is 2. The van der Waals surface area contributed by atoms with Crippen LogP contribution in [0.1, 0.15) is 29.8 Å². The van der Waals surface area contributed by atoms with Crippen LogP contribution in [0.4, 0.5) is 31.5 Å². The summed E-state index contributed by atoms with van der Waals surface area (Å²) in [4.78, 5) is 24.3. The van der Waals surface area contributed by atoms with Crippen molar-refractivity contribution in [3.05, 3.63) is 35.1 Å². The van der Waals surface area contributed by atoms with Crippen LogP contribution < -0.4 is 4.90 Å². The fourth-order valence-electron chi connectivity index (χ4n) is 4.06. The Kier molecular flexibility index (Phi) is 10.2. The first-order valence-electron chi connectivity index (χ1n) is 10.8. The highest BCUT2D eigenvalue weighted by Crippen LogP contribution is 2.50. The minimum atomic E-state index is -5.08. The van der Waals surface area contributed by atoms with E-state index in [1.165, 1.54) is 24.8 Å². The minimum Gasteiger partial charge on any atom is -0.475 e. The summed E-state index contributed by atoms with van der Waals surface area (Å²) >= 11 is 1.70. The van der Waals surface area contributed by atoms with Gasteiger partial charge in [0.2, 0.25) is 5.13 Å². The van der Waals surface area contributed by atoms with E-state index in [4.69, 9.17) is 24.5 Å². The molecule has 2 aliphatic rings. The van der Waals surface area contributed by atoms with Gasteiger partial charge in [0, 0.05) is 30.9 Å². The first kappa shape index (κ1) is 30.2. The number of alkyl halides is 6. The first-order valence-corrected chi connectivity index (χ1v) is 11.6. The van der Waals surface area contributed by atoms with Gasteiger partial charge in [-0.2, -0.15) is 26.3 Å². The largest absolute Gasteiger partial charge is 0.490 e. The monoisotopic (exact) mass is 558 g/mol. The summed E-state index contributed by atoms with van der Waals surface area (Å²) in [6.07, 6.45) is -2.61. The van der Waals surface area contributed by atoms with Crippen molar-refractivity contribution in [1.29, 1.82) is 0 Å². The molecule has 0 radical (unpaired) electrons. The molecule has 37 heavy (non-hydrogen) atoms. The third kappa shape index (κ3) is 9.10. The van der Waals surface area contributed by atoms with Crippen molar-refractivity contribution in [3.63, 3.8) is 0 Å². The average Bonchev–Trinajstić information content (AvgIpc) is 3.48. The fourth-order valence-corrected chi connectivity index (χ4v) is 4.76. The standard InChI is InChI=1S/C17H22N4OS.2C2HF3O2/c1-13-19-20-16(23-13)21-9-15-3-2-6-17(15,11-21)12-22-10-14-4-7-18-8-5-14;2*3-2(4,5)1(6)7/h4-5,7-8,15H,2-3,6,9-12H2,1H3;2*(H,6,7)/t15-,17+;;/m1../s1. The molecule has 3 heterocycles. The molecule has 0 bridgehead atoms. The number of carboxylic acid groups (broad SMARTS) is 2. The number of halogens is 6. The predicted octanol–water partition coefficient (Wildman–Crippen LogP) is 4.33. The number of hydrogen-bond acceptors (Lipinski definition) is 8. The smallest absolute Gasteiger partial charge is 0.475 e. The number of nitrogens with zero attached hydrogens (tertiary/aromatic N) is 4. The molecule has 2 atom stereocenters. The van der Waals surface area contributed by atoms with Gasteiger partial charge in [-0.1, -0.05) is 17.8 Å². The van der Waals surface area contributed by atoms with Gasteiger partial charge in [-0.05, 0) is 43.4 Å². The summed E-state index contributed by atoms with van der Waals surface area (Å²) in [5, 5.41) is 24.9. The lowest BCUT2D eigenvalue weighted by molar-refractivity contribution is -0.193. The molecule has 0 spiro atoms. The zero-order valence-electron chi connectivity index (χ0n) is 19.4. The van der Waals surface area contributed by atoms with Gasteiger partial charge in [0.15, 0.2) is 0 Å². The molecule has 1 aliphatic heterocycles. The highest BCUT2D eigenvalue weighted by Gasteiger charge is 2.50. The summed E-state index contributed by atoms with van der Waals surface area (Å²) in [7, 11) is 0. The van der Waals surface area contributed by atoms with Crippen molar-refractivity contribution in [2.75, 3.05) is 24.6 Å². The van der Waals surface area contributed by atoms with Gasteiger partial charge in [0.05, 0.1) is 13.2 Å². The predicted molar refractivity (Wildman–Crippen MR) is 118 cm³/mol. The summed E-state index contributed by atoms with van der Waals surface area (Å²) in [5.74, 6) is -4.79. The molecule has 2 N–H and O–H groups in total. The number of fused-ring (bicyclic) bond motifs is 1. The van der Waals surface area contributed by atoms with Crippen molar-refractivity contribution in [1.82, 2.24) is 15.2 Å². The maximum atomic E-state index is 10.6. The van der Waals surface area contributed by atoms with Crippen LogP contribution in [-0.2, 0) is 20.9 Å². The number of aromatic nitrogens is 3. The Bertz CT molecular complexity index is 1010. The second-order valence-electron chi connectivity index (χ2n) is 8.39. The normalized spacial score (nSPS) is 20.8. The molecule has 16 heteroatoms. The molecule has 0 amide bonds. The molecule has 2 fully saturated rings. The number of aryl methyl sites for hydroxylation is 1. The van der Waals surface area contributed by atoms with Crippen LogP contribution in [0.3, 0.4) is 0 Å². The summed E-state index contributed by atoms with van der Waals surface area (Å²) < 4.78 is 69.6. The van der Waals surface area contributed by atoms with Crippen LogP contribution in [0.5, 0.6) is 0 Å². The minimum absolute atomic E-state index is 0.298. The highest BCUT2D eigenvalue weighted by molar-refractivity contribution is 7.15. The van der Waals surface area contributed by atoms with Crippen LogP contribution in [0.15, 0.2) is 24.5 Å². The summed E-state index contributed by atoms with van der Waals surface area (Å²) in [6, 6.07) is 4.05.